The molecule has 2 amide bonds. The van der Waals surface area contributed by atoms with Crippen LogP contribution in [0.15, 0.2) is 6.07 Å². The number of benzene rings is 1. The van der Waals surface area contributed by atoms with Crippen LogP contribution in [0.1, 0.15) is 137 Å². The lowest BCUT2D eigenvalue weighted by molar-refractivity contribution is -0.298. The lowest BCUT2D eigenvalue weighted by Crippen LogP contribution is -2.61. The Balaban J connectivity index is 2.15. The molecule has 2 saturated heterocycles. The van der Waals surface area contributed by atoms with Gasteiger partial charge in [0, 0.05) is 33.4 Å². The van der Waals surface area contributed by atoms with Crippen LogP contribution in [0, 0.1) is 6.92 Å². The molecule has 0 atom stereocenters. The SMILES string of the molecule is Cc1c(C2CC(C)(C)N(OCC(C)(C)O)C(C)(C)C2)cc(NC(=O)O)c(C2CC(C)(C)N(OCC(C)(C)O)C(C)(C)C2)c1NC(=O)O. The fourth-order valence-electron chi connectivity index (χ4n) is 8.25. The van der Waals surface area contributed by atoms with Crippen LogP contribution in [-0.2, 0) is 9.68 Å². The highest BCUT2D eigenvalue weighted by Crippen LogP contribution is 2.53. The van der Waals surface area contributed by atoms with Gasteiger partial charge in [0.2, 0.25) is 0 Å². The van der Waals surface area contributed by atoms with Crippen LogP contribution < -0.4 is 10.6 Å². The summed E-state index contributed by atoms with van der Waals surface area (Å²) in [6.07, 6.45) is -0.0757. The van der Waals surface area contributed by atoms with Crippen molar-refractivity contribution in [3.8, 4) is 0 Å². The van der Waals surface area contributed by atoms with Crippen molar-refractivity contribution >= 4 is 23.6 Å². The summed E-state index contributed by atoms with van der Waals surface area (Å²) < 4.78 is 0. The third kappa shape index (κ3) is 9.36. The summed E-state index contributed by atoms with van der Waals surface area (Å²) in [4.78, 5) is 37.0. The predicted molar refractivity (Wildman–Crippen MR) is 183 cm³/mol. The van der Waals surface area contributed by atoms with Crippen LogP contribution in [0.4, 0.5) is 21.0 Å². The smallest absolute Gasteiger partial charge is 0.409 e. The van der Waals surface area contributed by atoms with Crippen LogP contribution in [0.3, 0.4) is 0 Å². The molecule has 0 unspecified atom stereocenters. The molecule has 2 aliphatic rings. The number of anilines is 2. The van der Waals surface area contributed by atoms with Crippen molar-refractivity contribution in [2.45, 2.75) is 161 Å². The van der Waals surface area contributed by atoms with E-state index in [1.54, 1.807) is 27.7 Å². The summed E-state index contributed by atoms with van der Waals surface area (Å²) in [7, 11) is 0. The van der Waals surface area contributed by atoms with E-state index in [-0.39, 0.29) is 25.0 Å². The standard InChI is InChI=1S/C35H60N4O8/c1-21-24(22-15-30(2,3)38(31(4,5)16-22)46-19-34(10,11)44)14-25(36-28(40)41)26(27(21)37-29(42)43)23-17-32(6,7)39(33(8,9)18-23)47-20-35(12,13)45/h14,22-23,36-37,44-45H,15-20H2,1-13H3,(H,40,41)(H,42,43). The Kier molecular flexibility index (Phi) is 10.9. The van der Waals surface area contributed by atoms with Gasteiger partial charge >= 0.3 is 12.2 Å². The molecular weight excluding hydrogens is 604 g/mol. The Morgan fingerprint density at radius 2 is 1.11 bits per heavy atom. The molecule has 0 aliphatic carbocycles. The monoisotopic (exact) mass is 664 g/mol. The molecule has 12 nitrogen and oxygen atoms in total. The first-order valence-corrected chi connectivity index (χ1v) is 16.5. The Labute approximate surface area is 280 Å². The normalized spacial score (nSPS) is 22.2. The molecule has 47 heavy (non-hydrogen) atoms. The van der Waals surface area contributed by atoms with Crippen LogP contribution in [0.2, 0.25) is 0 Å². The number of piperidine rings is 2. The number of hydroxylamine groups is 4. The largest absolute Gasteiger partial charge is 0.465 e. The summed E-state index contributed by atoms with van der Waals surface area (Å²) >= 11 is 0. The van der Waals surface area contributed by atoms with Crippen molar-refractivity contribution < 1.29 is 39.7 Å². The molecule has 6 N–H and O–H groups in total. The molecule has 0 saturated carbocycles. The van der Waals surface area contributed by atoms with Gasteiger partial charge in [0.05, 0.1) is 30.1 Å². The molecule has 2 heterocycles. The van der Waals surface area contributed by atoms with Crippen LogP contribution in [0.5, 0.6) is 0 Å². The van der Waals surface area contributed by atoms with Crippen LogP contribution in [-0.4, -0.2) is 89.3 Å². The van der Waals surface area contributed by atoms with Gasteiger partial charge in [-0.3, -0.25) is 20.3 Å². The third-order valence-electron chi connectivity index (χ3n) is 9.27. The van der Waals surface area contributed by atoms with Gasteiger partial charge in [-0.15, -0.1) is 0 Å². The van der Waals surface area contributed by atoms with Crippen LogP contribution >= 0.6 is 0 Å². The van der Waals surface area contributed by atoms with E-state index in [1.165, 1.54) is 0 Å². The zero-order valence-electron chi connectivity index (χ0n) is 30.8. The molecule has 0 aromatic heterocycles. The number of nitrogens with one attached hydrogen (secondary N) is 2. The number of nitrogens with zero attached hydrogens (tertiary/aromatic N) is 2. The minimum atomic E-state index is -1.23. The molecule has 0 spiro atoms. The average molecular weight is 665 g/mol. The number of rotatable bonds is 10. The summed E-state index contributed by atoms with van der Waals surface area (Å²) in [5.41, 5.74) is -1.06. The van der Waals surface area contributed by atoms with Crippen molar-refractivity contribution in [2.75, 3.05) is 23.8 Å². The van der Waals surface area contributed by atoms with Gasteiger partial charge in [0.25, 0.3) is 0 Å². The number of amides is 2. The first-order chi connectivity index (χ1) is 21.1. The quantitative estimate of drug-likeness (QED) is 0.153. The van der Waals surface area contributed by atoms with Gasteiger partial charge in [-0.25, -0.2) is 9.59 Å². The van der Waals surface area contributed by atoms with Crippen molar-refractivity contribution in [1.82, 2.24) is 10.1 Å². The number of hydrogen-bond acceptors (Lipinski definition) is 8. The van der Waals surface area contributed by atoms with Gasteiger partial charge < -0.3 is 20.4 Å². The number of aliphatic hydroxyl groups is 2. The van der Waals surface area contributed by atoms with Crippen LogP contribution in [0.25, 0.3) is 0 Å². The van der Waals surface area contributed by atoms with E-state index in [0.717, 1.165) is 11.1 Å². The molecule has 2 aliphatic heterocycles. The van der Waals surface area contributed by atoms with Crippen molar-refractivity contribution in [1.29, 1.82) is 0 Å². The Hall–Kier alpha value is -2.48. The molecule has 0 bridgehead atoms. The van der Waals surface area contributed by atoms with E-state index in [0.29, 0.717) is 42.6 Å². The molecular formula is C35H60N4O8. The Morgan fingerprint density at radius 3 is 1.45 bits per heavy atom. The second kappa shape index (κ2) is 13.1. The summed E-state index contributed by atoms with van der Waals surface area (Å²) in [6.45, 7) is 25.4. The van der Waals surface area contributed by atoms with E-state index in [2.05, 4.69) is 38.3 Å². The number of carboxylic acid groups (broad SMARTS) is 2. The molecule has 1 aromatic rings. The molecule has 0 radical (unpaired) electrons. The van der Waals surface area contributed by atoms with Gasteiger partial charge in [-0.05, 0) is 145 Å². The van der Waals surface area contributed by atoms with E-state index >= 15 is 0 Å². The Morgan fingerprint density at radius 1 is 0.745 bits per heavy atom. The second-order valence-corrected chi connectivity index (χ2v) is 17.5. The van der Waals surface area contributed by atoms with Gasteiger partial charge in [-0.2, -0.15) is 10.1 Å². The predicted octanol–water partition coefficient (Wildman–Crippen LogP) is 7.05. The lowest BCUT2D eigenvalue weighted by atomic mass is 9.69. The number of hydrogen-bond donors (Lipinski definition) is 6. The zero-order valence-corrected chi connectivity index (χ0v) is 30.8. The topological polar surface area (TPSA) is 164 Å². The fourth-order valence-corrected chi connectivity index (χ4v) is 8.25. The maximum absolute atomic E-state index is 12.3. The fraction of sp³-hybridized carbons (Fsp3) is 0.771. The highest BCUT2D eigenvalue weighted by atomic mass is 16.7. The molecule has 1 aromatic carbocycles. The minimum absolute atomic E-state index is 0.0512. The van der Waals surface area contributed by atoms with E-state index < -0.39 is 45.5 Å². The maximum Gasteiger partial charge on any atom is 0.409 e. The molecule has 12 heteroatoms. The van der Waals surface area contributed by atoms with E-state index in [9.17, 15) is 30.0 Å². The van der Waals surface area contributed by atoms with Gasteiger partial charge in [-0.1, -0.05) is 0 Å². The molecule has 2 fully saturated rings. The minimum Gasteiger partial charge on any atom is -0.465 e. The first-order valence-electron chi connectivity index (χ1n) is 16.5. The second-order valence-electron chi connectivity index (χ2n) is 17.5. The van der Waals surface area contributed by atoms with Crippen molar-refractivity contribution in [2.24, 2.45) is 0 Å². The average Bonchev–Trinajstić information content (AvgIpc) is 2.80. The molecule has 268 valence electrons. The number of carbonyl (C=O) groups is 2. The Bertz CT molecular complexity index is 1290. The summed E-state index contributed by atoms with van der Waals surface area (Å²) in [5, 5.41) is 50.0. The molecule has 3 rings (SSSR count). The lowest BCUT2D eigenvalue weighted by Gasteiger charge is -2.55. The van der Waals surface area contributed by atoms with Crippen molar-refractivity contribution in [3.05, 3.63) is 22.8 Å². The maximum atomic E-state index is 12.3. The van der Waals surface area contributed by atoms with Gasteiger partial charge in [0.15, 0.2) is 0 Å². The highest BCUT2D eigenvalue weighted by molar-refractivity contribution is 5.92. The van der Waals surface area contributed by atoms with Gasteiger partial charge in [0.1, 0.15) is 0 Å². The zero-order chi connectivity index (χ0) is 36.1. The summed E-state index contributed by atoms with van der Waals surface area (Å²) in [6, 6.07) is 1.90. The van der Waals surface area contributed by atoms with E-state index in [1.807, 2.05) is 50.8 Å². The first kappa shape index (κ1) is 39.0. The summed E-state index contributed by atoms with van der Waals surface area (Å²) in [5.74, 6) is -0.284. The van der Waals surface area contributed by atoms with Crippen molar-refractivity contribution in [3.63, 3.8) is 0 Å². The highest BCUT2D eigenvalue weighted by Gasteiger charge is 2.50. The third-order valence-corrected chi connectivity index (χ3v) is 9.27. The van der Waals surface area contributed by atoms with E-state index in [4.69, 9.17) is 9.68 Å².